The Kier molecular flexibility index (Phi) is 3.53. The van der Waals surface area contributed by atoms with E-state index in [4.69, 9.17) is 16.3 Å². The summed E-state index contributed by atoms with van der Waals surface area (Å²) >= 11 is 6.25. The van der Waals surface area contributed by atoms with Crippen LogP contribution >= 0.6 is 11.6 Å². The zero-order valence-electron chi connectivity index (χ0n) is 9.94. The van der Waals surface area contributed by atoms with E-state index in [1.807, 2.05) is 30.3 Å². The third-order valence-corrected chi connectivity index (χ3v) is 3.16. The zero-order valence-corrected chi connectivity index (χ0v) is 10.7. The van der Waals surface area contributed by atoms with Gasteiger partial charge in [0.25, 0.3) is 0 Å². The molecule has 0 saturated carbocycles. The number of hydrogen-bond donors (Lipinski definition) is 0. The fourth-order valence-electron chi connectivity index (χ4n) is 1.94. The smallest absolute Gasteiger partial charge is 0.340 e. The molecule has 0 amide bonds. The van der Waals surface area contributed by atoms with Crippen molar-refractivity contribution in [1.29, 1.82) is 0 Å². The van der Waals surface area contributed by atoms with Gasteiger partial charge in [0.2, 0.25) is 0 Å². The molecule has 0 radical (unpaired) electrons. The molecule has 0 aliphatic carbocycles. The van der Waals surface area contributed by atoms with Crippen LogP contribution in [0.4, 0.5) is 0 Å². The number of ether oxygens (including phenoxy) is 1. The Morgan fingerprint density at radius 3 is 2.53 bits per heavy atom. The lowest BCUT2D eigenvalue weighted by Crippen LogP contribution is -2.12. The van der Waals surface area contributed by atoms with Gasteiger partial charge in [-0.25, -0.2) is 4.79 Å². The molecule has 90 valence electrons. The molecular weight excluding hydrogens is 236 g/mol. The summed E-state index contributed by atoms with van der Waals surface area (Å²) in [4.78, 5) is 11.8. The van der Waals surface area contributed by atoms with Crippen LogP contribution in [0.2, 0.25) is 0 Å². The number of halogens is 1. The minimum atomic E-state index is -0.313. The van der Waals surface area contributed by atoms with Gasteiger partial charge < -0.3 is 4.74 Å². The lowest BCUT2D eigenvalue weighted by Gasteiger charge is -2.12. The van der Waals surface area contributed by atoms with Crippen LogP contribution in [0.25, 0.3) is 5.57 Å². The Bertz CT molecular complexity index is 449. The standard InChI is InChI=1S/C14H15ClO2/c1-9(2)8-11-13(15)12(14(16)17-11)10-6-4-3-5-7-10/h3-7,9,11H,8H2,1-2H3. The van der Waals surface area contributed by atoms with Gasteiger partial charge in [0, 0.05) is 0 Å². The van der Waals surface area contributed by atoms with Gasteiger partial charge in [0.15, 0.2) is 0 Å². The molecule has 1 heterocycles. The van der Waals surface area contributed by atoms with Crippen molar-refractivity contribution < 1.29 is 9.53 Å². The van der Waals surface area contributed by atoms with Gasteiger partial charge in [-0.05, 0) is 17.9 Å². The molecular formula is C14H15ClO2. The first-order chi connectivity index (χ1) is 8.09. The molecule has 2 nitrogen and oxygen atoms in total. The zero-order chi connectivity index (χ0) is 12.4. The second-order valence-electron chi connectivity index (χ2n) is 4.61. The fraction of sp³-hybridized carbons (Fsp3) is 0.357. The van der Waals surface area contributed by atoms with Crippen molar-refractivity contribution in [2.45, 2.75) is 26.4 Å². The molecule has 1 aliphatic heterocycles. The number of cyclic esters (lactones) is 1. The molecule has 17 heavy (non-hydrogen) atoms. The van der Waals surface area contributed by atoms with Gasteiger partial charge in [-0.15, -0.1) is 0 Å². The van der Waals surface area contributed by atoms with E-state index in [0.717, 1.165) is 12.0 Å². The highest BCUT2D eigenvalue weighted by molar-refractivity contribution is 6.40. The summed E-state index contributed by atoms with van der Waals surface area (Å²) in [6.07, 6.45) is 0.486. The molecule has 0 aromatic heterocycles. The minimum Gasteiger partial charge on any atom is -0.453 e. The molecule has 2 rings (SSSR count). The molecule has 0 spiro atoms. The van der Waals surface area contributed by atoms with Crippen LogP contribution < -0.4 is 0 Å². The van der Waals surface area contributed by atoms with Crippen molar-refractivity contribution in [2.24, 2.45) is 5.92 Å². The molecule has 1 unspecified atom stereocenters. The summed E-state index contributed by atoms with van der Waals surface area (Å²) in [6, 6.07) is 9.42. The van der Waals surface area contributed by atoms with E-state index in [9.17, 15) is 4.79 Å². The maximum atomic E-state index is 11.8. The van der Waals surface area contributed by atoms with Crippen molar-refractivity contribution >= 4 is 23.1 Å². The van der Waals surface area contributed by atoms with Gasteiger partial charge in [-0.2, -0.15) is 0 Å². The fourth-order valence-corrected chi connectivity index (χ4v) is 2.26. The average molecular weight is 251 g/mol. The van der Waals surface area contributed by atoms with Crippen molar-refractivity contribution in [3.8, 4) is 0 Å². The Morgan fingerprint density at radius 2 is 1.94 bits per heavy atom. The molecule has 0 fully saturated rings. The van der Waals surface area contributed by atoms with Crippen LogP contribution in [-0.4, -0.2) is 12.1 Å². The second kappa shape index (κ2) is 4.92. The van der Waals surface area contributed by atoms with E-state index in [-0.39, 0.29) is 12.1 Å². The van der Waals surface area contributed by atoms with Crippen LogP contribution in [0.1, 0.15) is 25.8 Å². The Labute approximate surface area is 106 Å². The lowest BCUT2D eigenvalue weighted by atomic mass is 10.0. The van der Waals surface area contributed by atoms with E-state index >= 15 is 0 Å². The van der Waals surface area contributed by atoms with Gasteiger partial charge in [-0.1, -0.05) is 55.8 Å². The maximum absolute atomic E-state index is 11.8. The number of benzene rings is 1. The van der Waals surface area contributed by atoms with Crippen molar-refractivity contribution in [2.75, 3.05) is 0 Å². The minimum absolute atomic E-state index is 0.278. The van der Waals surface area contributed by atoms with Crippen LogP contribution in [0.3, 0.4) is 0 Å². The number of hydrogen-bond acceptors (Lipinski definition) is 2. The highest BCUT2D eigenvalue weighted by Crippen LogP contribution is 2.35. The quantitative estimate of drug-likeness (QED) is 0.766. The molecule has 1 aliphatic rings. The first-order valence-corrected chi connectivity index (χ1v) is 6.13. The molecule has 3 heteroatoms. The predicted octanol–water partition coefficient (Wildman–Crippen LogP) is 3.61. The largest absolute Gasteiger partial charge is 0.453 e. The predicted molar refractivity (Wildman–Crippen MR) is 68.6 cm³/mol. The number of esters is 1. The van der Waals surface area contributed by atoms with E-state index in [0.29, 0.717) is 16.5 Å². The molecule has 1 aromatic rings. The highest BCUT2D eigenvalue weighted by atomic mass is 35.5. The molecule has 1 atom stereocenters. The highest BCUT2D eigenvalue weighted by Gasteiger charge is 2.33. The topological polar surface area (TPSA) is 26.3 Å². The van der Waals surface area contributed by atoms with Crippen LogP contribution in [-0.2, 0) is 9.53 Å². The third kappa shape index (κ3) is 2.52. The summed E-state index contributed by atoms with van der Waals surface area (Å²) < 4.78 is 5.31. The summed E-state index contributed by atoms with van der Waals surface area (Å²) in [5.41, 5.74) is 1.34. The van der Waals surface area contributed by atoms with E-state index in [2.05, 4.69) is 13.8 Å². The molecule has 0 N–H and O–H groups in total. The summed E-state index contributed by atoms with van der Waals surface area (Å²) in [6.45, 7) is 4.16. The van der Waals surface area contributed by atoms with Gasteiger partial charge >= 0.3 is 5.97 Å². The SMILES string of the molecule is CC(C)CC1OC(=O)C(c2ccccc2)=C1Cl. The monoisotopic (exact) mass is 250 g/mol. The third-order valence-electron chi connectivity index (χ3n) is 2.72. The van der Waals surface area contributed by atoms with Gasteiger partial charge in [0.05, 0.1) is 10.6 Å². The van der Waals surface area contributed by atoms with Crippen molar-refractivity contribution in [3.63, 3.8) is 0 Å². The summed E-state index contributed by atoms with van der Waals surface area (Å²) in [7, 11) is 0. The van der Waals surface area contributed by atoms with E-state index < -0.39 is 0 Å². The number of rotatable bonds is 3. The average Bonchev–Trinajstić information content (AvgIpc) is 2.54. The summed E-state index contributed by atoms with van der Waals surface area (Å²) in [5.74, 6) is 0.128. The molecule has 1 aromatic carbocycles. The van der Waals surface area contributed by atoms with E-state index in [1.165, 1.54) is 0 Å². The summed E-state index contributed by atoms with van der Waals surface area (Å²) in [5, 5.41) is 0.537. The first-order valence-electron chi connectivity index (χ1n) is 5.75. The normalized spacial score (nSPS) is 20.0. The van der Waals surface area contributed by atoms with Crippen molar-refractivity contribution in [3.05, 3.63) is 40.9 Å². The van der Waals surface area contributed by atoms with Crippen LogP contribution in [0, 0.1) is 5.92 Å². The van der Waals surface area contributed by atoms with Crippen molar-refractivity contribution in [1.82, 2.24) is 0 Å². The lowest BCUT2D eigenvalue weighted by molar-refractivity contribution is -0.138. The number of carbonyl (C=O) groups is 1. The maximum Gasteiger partial charge on any atom is 0.340 e. The van der Waals surface area contributed by atoms with E-state index in [1.54, 1.807) is 0 Å². The number of carbonyl (C=O) groups excluding carboxylic acids is 1. The van der Waals surface area contributed by atoms with Crippen LogP contribution in [0.15, 0.2) is 35.4 Å². The second-order valence-corrected chi connectivity index (χ2v) is 5.02. The van der Waals surface area contributed by atoms with Gasteiger partial charge in [-0.3, -0.25) is 0 Å². The van der Waals surface area contributed by atoms with Gasteiger partial charge in [0.1, 0.15) is 6.10 Å². The Hall–Kier alpha value is -1.28. The molecule has 0 bridgehead atoms. The Balaban J connectivity index is 2.32. The first kappa shape index (κ1) is 12.2. The van der Waals surface area contributed by atoms with Crippen LogP contribution in [0.5, 0.6) is 0 Å². The molecule has 0 saturated heterocycles. The Morgan fingerprint density at radius 1 is 1.29 bits per heavy atom.